The summed E-state index contributed by atoms with van der Waals surface area (Å²) in [7, 11) is 0. The quantitative estimate of drug-likeness (QED) is 0.422. The van der Waals surface area contributed by atoms with Crippen molar-refractivity contribution in [2.45, 2.75) is 6.42 Å². The summed E-state index contributed by atoms with van der Waals surface area (Å²) in [5.41, 5.74) is 1.94. The molecule has 6 nitrogen and oxygen atoms in total. The molecule has 2 aromatic heterocycles. The number of halogens is 2. The lowest BCUT2D eigenvalue weighted by Gasteiger charge is -2.08. The van der Waals surface area contributed by atoms with Gasteiger partial charge in [-0.25, -0.2) is 9.44 Å². The third-order valence-corrected chi connectivity index (χ3v) is 6.55. The molecule has 4 rings (SSSR count). The van der Waals surface area contributed by atoms with E-state index in [0.717, 1.165) is 21.9 Å². The Morgan fingerprint density at radius 3 is 2.92 bits per heavy atom. The van der Waals surface area contributed by atoms with E-state index in [-0.39, 0.29) is 17.7 Å². The number of hydrogen-bond donors (Lipinski definition) is 1. The van der Waals surface area contributed by atoms with E-state index in [9.17, 15) is 4.79 Å². The summed E-state index contributed by atoms with van der Waals surface area (Å²) in [5, 5.41) is 18.2. The first-order valence-corrected chi connectivity index (χ1v) is 12.2. The predicted molar refractivity (Wildman–Crippen MR) is 112 cm³/mol. The number of nitrogens with one attached hydrogen (secondary N) is 1. The largest absolute Gasteiger partial charge is 0.310 e. The molecule has 1 fully saturated rings. The number of pyridine rings is 1. The Balaban J connectivity index is 1.66. The van der Waals surface area contributed by atoms with Gasteiger partial charge in [0.15, 0.2) is 0 Å². The molecule has 0 spiro atoms. The molecule has 1 saturated carbocycles. The predicted octanol–water partition coefficient (Wildman–Crippen LogP) is 4.64. The highest BCUT2D eigenvalue weighted by atomic mass is 127. The third kappa shape index (κ3) is 3.41. The number of rotatable bonds is 4. The Labute approximate surface area is 169 Å². The van der Waals surface area contributed by atoms with Crippen molar-refractivity contribution in [2.75, 3.05) is 5.32 Å². The van der Waals surface area contributed by atoms with Crippen molar-refractivity contribution in [1.29, 1.82) is 5.26 Å². The van der Waals surface area contributed by atoms with Gasteiger partial charge >= 0.3 is 0 Å². The molecule has 0 bridgehead atoms. The minimum atomic E-state index is -0.229. The molecule has 26 heavy (non-hydrogen) atoms. The van der Waals surface area contributed by atoms with Crippen LogP contribution in [0.2, 0.25) is 5.02 Å². The van der Waals surface area contributed by atoms with Crippen molar-refractivity contribution >= 4 is 62.5 Å². The van der Waals surface area contributed by atoms with E-state index in [0.29, 0.717) is 23.6 Å². The second-order valence-electron chi connectivity index (χ2n) is 6.07. The number of amides is 1. The van der Waals surface area contributed by atoms with Crippen molar-refractivity contribution in [1.82, 2.24) is 14.5 Å². The first kappa shape index (κ1) is 17.7. The highest BCUT2D eigenvalue weighted by Crippen LogP contribution is 2.38. The molecule has 2 heterocycles. The fraction of sp³-hybridized carbons (Fsp3) is 0.176. The number of nitriles is 1. The maximum absolute atomic E-state index is 12.1. The number of anilines is 1. The number of benzene rings is 1. The Bertz CT molecular complexity index is 1060. The summed E-state index contributed by atoms with van der Waals surface area (Å²) in [4.78, 5) is 16.4. The van der Waals surface area contributed by atoms with Gasteiger partial charge in [0.25, 0.3) is 0 Å². The number of carbonyl (C=O) groups is 1. The van der Waals surface area contributed by atoms with Crippen LogP contribution in [0.25, 0.3) is 21.9 Å². The zero-order valence-corrected chi connectivity index (χ0v) is 17.2. The van der Waals surface area contributed by atoms with Gasteiger partial charge in [0, 0.05) is 23.3 Å². The van der Waals surface area contributed by atoms with E-state index in [1.54, 1.807) is 12.3 Å². The lowest BCUT2D eigenvalue weighted by atomic mass is 10.0. The van der Waals surface area contributed by atoms with Gasteiger partial charge in [-0.15, -0.1) is 0 Å². The summed E-state index contributed by atoms with van der Waals surface area (Å²) in [6.07, 6.45) is 6.59. The Hall–Kier alpha value is -1.75. The topological polar surface area (TPSA) is 83.6 Å². The molecular formula is C17H12ClIN5OP. The molecule has 1 amide bonds. The van der Waals surface area contributed by atoms with Crippen LogP contribution in [0.5, 0.6) is 0 Å². The fourth-order valence-corrected chi connectivity index (χ4v) is 4.17. The van der Waals surface area contributed by atoms with Crippen LogP contribution in [0, 0.1) is 23.2 Å². The van der Waals surface area contributed by atoms with Crippen molar-refractivity contribution in [3.05, 3.63) is 41.8 Å². The van der Waals surface area contributed by atoms with Crippen molar-refractivity contribution in [3.8, 4) is 17.2 Å². The summed E-state index contributed by atoms with van der Waals surface area (Å²) < 4.78 is 1.87. The van der Waals surface area contributed by atoms with E-state index in [1.165, 1.54) is 0 Å². The first-order chi connectivity index (χ1) is 12.6. The highest BCUT2D eigenvalue weighted by Gasteiger charge is 2.43. The zero-order valence-electron chi connectivity index (χ0n) is 13.3. The summed E-state index contributed by atoms with van der Waals surface area (Å²) >= 11 is 8.69. The maximum Gasteiger partial charge on any atom is 0.230 e. The number of carbonyl (C=O) groups excluding carboxylic acids is 1. The molecule has 9 heteroatoms. The maximum atomic E-state index is 12.1. The number of hydrogen-bond acceptors (Lipinski definition) is 4. The second kappa shape index (κ2) is 7.10. The average Bonchev–Trinajstić information content (AvgIpc) is 3.28. The van der Waals surface area contributed by atoms with Crippen LogP contribution in [0.1, 0.15) is 6.42 Å². The van der Waals surface area contributed by atoms with Crippen molar-refractivity contribution in [2.24, 2.45) is 11.8 Å². The van der Waals surface area contributed by atoms with Crippen LogP contribution in [0.3, 0.4) is 0 Å². The molecule has 1 aliphatic carbocycles. The molecule has 0 radical (unpaired) electrons. The van der Waals surface area contributed by atoms with E-state index < -0.39 is 0 Å². The van der Waals surface area contributed by atoms with Crippen molar-refractivity contribution in [3.63, 3.8) is 0 Å². The van der Waals surface area contributed by atoms with Crippen LogP contribution in [-0.4, -0.2) is 20.4 Å². The molecule has 1 unspecified atom stereocenters. The molecule has 1 N–H and O–H groups in total. The minimum Gasteiger partial charge on any atom is -0.310 e. The fourth-order valence-electron chi connectivity index (χ4n) is 2.81. The number of nitrogens with zero attached hydrogens (tertiary/aromatic N) is 4. The summed E-state index contributed by atoms with van der Waals surface area (Å²) in [6, 6.07) is 7.82. The number of fused-ring (bicyclic) bond motifs is 1. The van der Waals surface area contributed by atoms with Gasteiger partial charge in [0.2, 0.25) is 5.91 Å². The smallest absolute Gasteiger partial charge is 0.230 e. The lowest BCUT2D eigenvalue weighted by Crippen LogP contribution is -2.15. The first-order valence-electron chi connectivity index (χ1n) is 7.80. The van der Waals surface area contributed by atoms with E-state index >= 15 is 0 Å². The van der Waals surface area contributed by atoms with Gasteiger partial charge in [-0.05, 0) is 57.6 Å². The van der Waals surface area contributed by atoms with Crippen LogP contribution < -0.4 is 5.32 Å². The Morgan fingerprint density at radius 1 is 1.38 bits per heavy atom. The summed E-state index contributed by atoms with van der Waals surface area (Å²) in [6.45, 7) is 0. The number of aromatic nitrogens is 3. The molecule has 0 aliphatic heterocycles. The Kier molecular flexibility index (Phi) is 4.82. The molecule has 130 valence electrons. The molecule has 1 aromatic carbocycles. The Morgan fingerprint density at radius 2 is 2.23 bits per heavy atom. The van der Waals surface area contributed by atoms with Gasteiger partial charge in [-0.3, -0.25) is 4.79 Å². The highest BCUT2D eigenvalue weighted by molar-refractivity contribution is 14.2. The van der Waals surface area contributed by atoms with Crippen LogP contribution in [0.15, 0.2) is 36.8 Å². The molecule has 1 aliphatic rings. The molecule has 3 atom stereocenters. The van der Waals surface area contributed by atoms with Gasteiger partial charge in [0.1, 0.15) is 5.82 Å². The lowest BCUT2D eigenvalue weighted by molar-refractivity contribution is -0.117. The average molecular weight is 496 g/mol. The van der Waals surface area contributed by atoms with E-state index in [4.69, 9.17) is 16.9 Å². The molecular weight excluding hydrogens is 484 g/mol. The monoisotopic (exact) mass is 495 g/mol. The van der Waals surface area contributed by atoms with E-state index in [2.05, 4.69) is 43.5 Å². The van der Waals surface area contributed by atoms with Gasteiger partial charge in [0.05, 0.1) is 35.5 Å². The standard InChI is InChI=1S/C17H12ClIN5OP/c18-15-3-9(12-6-22-24(8-12)26-19)1-10-4-16(21-7-14(10)15)23-17(25)13-2-11(13)5-20/h1,3-4,6-8,11,13,26H,2H2,(H,21,23,25)/t11-,13+/m1/s1. The van der Waals surface area contributed by atoms with Gasteiger partial charge < -0.3 is 5.32 Å². The van der Waals surface area contributed by atoms with Crippen LogP contribution in [0.4, 0.5) is 5.82 Å². The van der Waals surface area contributed by atoms with E-state index in [1.807, 2.05) is 29.0 Å². The van der Waals surface area contributed by atoms with Gasteiger partial charge in [-0.2, -0.15) is 10.4 Å². The SMILES string of the molecule is N#C[C@H]1C[C@@H]1C(=O)Nc1cc2cc(-c3cnn(PI)c3)cc(Cl)c2cn1. The third-order valence-electron chi connectivity index (χ3n) is 4.33. The van der Waals surface area contributed by atoms with Crippen LogP contribution >= 0.6 is 40.0 Å². The zero-order chi connectivity index (χ0) is 18.3. The van der Waals surface area contributed by atoms with Crippen molar-refractivity contribution < 1.29 is 4.79 Å². The summed E-state index contributed by atoms with van der Waals surface area (Å²) in [5.74, 6) is -0.0993. The molecule has 3 aromatic rings. The molecule has 0 saturated heterocycles. The van der Waals surface area contributed by atoms with Gasteiger partial charge in [-0.1, -0.05) is 11.6 Å². The normalized spacial score (nSPS) is 19.0. The van der Waals surface area contributed by atoms with Crippen LogP contribution in [-0.2, 0) is 4.79 Å². The second-order valence-corrected chi connectivity index (χ2v) is 8.56. The minimum absolute atomic E-state index is 0.157.